The zero-order valence-electron chi connectivity index (χ0n) is 8.37. The Kier molecular flexibility index (Phi) is 3.97. The molecule has 0 spiro atoms. The summed E-state index contributed by atoms with van der Waals surface area (Å²) in [6.07, 6.45) is 0. The zero-order chi connectivity index (χ0) is 10.7. The third kappa shape index (κ3) is 3.14. The third-order valence-corrected chi connectivity index (χ3v) is 4.81. The van der Waals surface area contributed by atoms with E-state index in [9.17, 15) is 0 Å². The Morgan fingerprint density at radius 1 is 1.47 bits per heavy atom. The second-order valence-electron chi connectivity index (χ2n) is 3.38. The quantitative estimate of drug-likeness (QED) is 0.881. The minimum atomic E-state index is 0.434. The van der Waals surface area contributed by atoms with Crippen LogP contribution in [0.2, 0.25) is 0 Å². The number of thiophene rings is 2. The van der Waals surface area contributed by atoms with E-state index in [1.807, 2.05) is 0 Å². The first-order valence-corrected chi connectivity index (χ1v) is 7.30. The maximum atomic E-state index is 3.51. The first-order valence-electron chi connectivity index (χ1n) is 4.75. The Morgan fingerprint density at radius 3 is 2.93 bits per heavy atom. The van der Waals surface area contributed by atoms with Crippen LogP contribution in [0.5, 0.6) is 0 Å². The maximum Gasteiger partial charge on any atom is 0.0701 e. The molecule has 0 aromatic carbocycles. The fourth-order valence-corrected chi connectivity index (χ4v) is 3.32. The van der Waals surface area contributed by atoms with Gasteiger partial charge in [0.2, 0.25) is 0 Å². The molecule has 0 unspecified atom stereocenters. The Balaban J connectivity index is 1.88. The van der Waals surface area contributed by atoms with Crippen LogP contribution in [0.25, 0.3) is 0 Å². The van der Waals surface area contributed by atoms with Crippen molar-refractivity contribution in [2.45, 2.75) is 19.5 Å². The van der Waals surface area contributed by atoms with Gasteiger partial charge in [0.15, 0.2) is 0 Å². The van der Waals surface area contributed by atoms with Crippen molar-refractivity contribution in [3.05, 3.63) is 43.2 Å². The summed E-state index contributed by atoms with van der Waals surface area (Å²) in [5.74, 6) is 0. The SMILES string of the molecule is C[C@H](NCc1csc(Br)c1)c1cccs1. The topological polar surface area (TPSA) is 12.0 Å². The molecule has 2 aromatic heterocycles. The van der Waals surface area contributed by atoms with Gasteiger partial charge in [0.05, 0.1) is 3.79 Å². The molecule has 0 fully saturated rings. The molecule has 1 nitrogen and oxygen atoms in total. The first kappa shape index (κ1) is 11.3. The van der Waals surface area contributed by atoms with Crippen LogP contribution in [0.3, 0.4) is 0 Å². The summed E-state index contributed by atoms with van der Waals surface area (Å²) in [5, 5.41) is 7.81. The lowest BCUT2D eigenvalue weighted by Gasteiger charge is -2.10. The Hall–Kier alpha value is -0.160. The number of hydrogen-bond acceptors (Lipinski definition) is 3. The van der Waals surface area contributed by atoms with Gasteiger partial charge in [-0.1, -0.05) is 6.07 Å². The van der Waals surface area contributed by atoms with Gasteiger partial charge in [-0.25, -0.2) is 0 Å². The summed E-state index contributed by atoms with van der Waals surface area (Å²) in [7, 11) is 0. The largest absolute Gasteiger partial charge is 0.305 e. The molecular weight excluding hydrogens is 290 g/mol. The van der Waals surface area contributed by atoms with Crippen molar-refractivity contribution in [2.75, 3.05) is 0 Å². The standard InChI is InChI=1S/C11H12BrNS2/c1-8(10-3-2-4-14-10)13-6-9-5-11(12)15-7-9/h2-5,7-8,13H,6H2,1H3/t8-/m0/s1. The van der Waals surface area contributed by atoms with E-state index in [1.54, 1.807) is 22.7 Å². The highest BCUT2D eigenvalue weighted by Gasteiger charge is 2.05. The van der Waals surface area contributed by atoms with E-state index in [1.165, 1.54) is 14.2 Å². The van der Waals surface area contributed by atoms with Gasteiger partial charge >= 0.3 is 0 Å². The van der Waals surface area contributed by atoms with Crippen LogP contribution in [0, 0.1) is 0 Å². The Bertz CT molecular complexity index is 408. The van der Waals surface area contributed by atoms with E-state index in [0.29, 0.717) is 6.04 Å². The van der Waals surface area contributed by atoms with Crippen molar-refractivity contribution in [1.82, 2.24) is 5.32 Å². The van der Waals surface area contributed by atoms with E-state index in [-0.39, 0.29) is 0 Å². The molecule has 0 radical (unpaired) electrons. The van der Waals surface area contributed by atoms with E-state index in [0.717, 1.165) is 6.54 Å². The van der Waals surface area contributed by atoms with Crippen molar-refractivity contribution < 1.29 is 0 Å². The first-order chi connectivity index (χ1) is 7.25. The minimum absolute atomic E-state index is 0.434. The summed E-state index contributed by atoms with van der Waals surface area (Å²) in [5.41, 5.74) is 1.34. The van der Waals surface area contributed by atoms with Crippen LogP contribution >= 0.6 is 38.6 Å². The number of hydrogen-bond donors (Lipinski definition) is 1. The van der Waals surface area contributed by atoms with Gasteiger partial charge < -0.3 is 5.32 Å². The van der Waals surface area contributed by atoms with Crippen LogP contribution in [-0.4, -0.2) is 0 Å². The second kappa shape index (κ2) is 5.25. The third-order valence-electron chi connectivity index (χ3n) is 2.20. The van der Waals surface area contributed by atoms with Crippen molar-refractivity contribution in [3.8, 4) is 0 Å². The highest BCUT2D eigenvalue weighted by molar-refractivity contribution is 9.11. The lowest BCUT2D eigenvalue weighted by Crippen LogP contribution is -2.16. The van der Waals surface area contributed by atoms with E-state index >= 15 is 0 Å². The van der Waals surface area contributed by atoms with Gasteiger partial charge in [0.1, 0.15) is 0 Å². The average Bonchev–Trinajstić information content (AvgIpc) is 2.84. The van der Waals surface area contributed by atoms with Gasteiger partial charge in [-0.15, -0.1) is 22.7 Å². The highest BCUT2D eigenvalue weighted by Crippen LogP contribution is 2.22. The van der Waals surface area contributed by atoms with Gasteiger partial charge in [-0.05, 0) is 51.3 Å². The summed E-state index contributed by atoms with van der Waals surface area (Å²) in [6, 6.07) is 6.87. The minimum Gasteiger partial charge on any atom is -0.305 e. The van der Waals surface area contributed by atoms with Crippen LogP contribution in [-0.2, 0) is 6.54 Å². The fraction of sp³-hybridized carbons (Fsp3) is 0.273. The molecule has 0 bridgehead atoms. The number of rotatable bonds is 4. The Labute approximate surface area is 106 Å². The molecule has 80 valence electrons. The molecule has 15 heavy (non-hydrogen) atoms. The molecule has 0 saturated carbocycles. The smallest absolute Gasteiger partial charge is 0.0701 e. The fourth-order valence-electron chi connectivity index (χ4n) is 1.35. The second-order valence-corrected chi connectivity index (χ2v) is 6.65. The van der Waals surface area contributed by atoms with Crippen LogP contribution in [0.1, 0.15) is 23.4 Å². The molecule has 0 aliphatic heterocycles. The normalized spacial score (nSPS) is 12.9. The summed E-state index contributed by atoms with van der Waals surface area (Å²) >= 11 is 7.01. The van der Waals surface area contributed by atoms with Crippen molar-refractivity contribution >= 4 is 38.6 Å². The molecule has 2 rings (SSSR count). The highest BCUT2D eigenvalue weighted by atomic mass is 79.9. The van der Waals surface area contributed by atoms with Crippen LogP contribution in [0.4, 0.5) is 0 Å². The van der Waals surface area contributed by atoms with Gasteiger partial charge in [0.25, 0.3) is 0 Å². The zero-order valence-corrected chi connectivity index (χ0v) is 11.6. The number of nitrogens with one attached hydrogen (secondary N) is 1. The van der Waals surface area contributed by atoms with Crippen LogP contribution in [0.15, 0.2) is 32.7 Å². The van der Waals surface area contributed by atoms with E-state index in [4.69, 9.17) is 0 Å². The van der Waals surface area contributed by atoms with Crippen molar-refractivity contribution in [2.24, 2.45) is 0 Å². The number of halogens is 1. The van der Waals surface area contributed by atoms with Gasteiger partial charge in [-0.3, -0.25) is 0 Å². The molecule has 0 aliphatic rings. The lowest BCUT2D eigenvalue weighted by molar-refractivity contribution is 0.583. The summed E-state index contributed by atoms with van der Waals surface area (Å²) in [6.45, 7) is 3.13. The van der Waals surface area contributed by atoms with Crippen molar-refractivity contribution in [1.29, 1.82) is 0 Å². The molecule has 2 aromatic rings. The molecule has 0 aliphatic carbocycles. The molecule has 4 heteroatoms. The van der Waals surface area contributed by atoms with E-state index in [2.05, 4.69) is 57.1 Å². The summed E-state index contributed by atoms with van der Waals surface area (Å²) in [4.78, 5) is 1.39. The molecule has 2 heterocycles. The maximum absolute atomic E-state index is 3.51. The Morgan fingerprint density at radius 2 is 2.33 bits per heavy atom. The van der Waals surface area contributed by atoms with E-state index < -0.39 is 0 Å². The predicted molar refractivity (Wildman–Crippen MR) is 71.6 cm³/mol. The molecule has 1 atom stereocenters. The van der Waals surface area contributed by atoms with Crippen molar-refractivity contribution in [3.63, 3.8) is 0 Å². The van der Waals surface area contributed by atoms with Gasteiger partial charge in [-0.2, -0.15) is 0 Å². The lowest BCUT2D eigenvalue weighted by atomic mass is 10.2. The van der Waals surface area contributed by atoms with Crippen LogP contribution < -0.4 is 5.32 Å². The average molecular weight is 302 g/mol. The summed E-state index contributed by atoms with van der Waals surface area (Å²) < 4.78 is 1.20. The molecule has 1 N–H and O–H groups in total. The van der Waals surface area contributed by atoms with Gasteiger partial charge in [0, 0.05) is 17.5 Å². The molecular formula is C11H12BrNS2. The molecule has 0 amide bonds. The monoisotopic (exact) mass is 301 g/mol. The predicted octanol–water partition coefficient (Wildman–Crippen LogP) is 4.42. The molecule has 0 saturated heterocycles.